The fourth-order valence-corrected chi connectivity index (χ4v) is 2.31. The number of fused-ring (bicyclic) bond motifs is 1. The van der Waals surface area contributed by atoms with Crippen LogP contribution < -0.4 is 11.1 Å². The summed E-state index contributed by atoms with van der Waals surface area (Å²) in [5, 5.41) is 3.20. The van der Waals surface area contributed by atoms with Crippen molar-refractivity contribution in [3.63, 3.8) is 0 Å². The van der Waals surface area contributed by atoms with Crippen LogP contribution in [-0.4, -0.2) is 9.97 Å². The first kappa shape index (κ1) is 11.0. The van der Waals surface area contributed by atoms with E-state index in [1.807, 2.05) is 12.1 Å². The average molecular weight is 244 g/mol. The second-order valence-corrected chi connectivity index (χ2v) is 4.36. The monoisotopic (exact) mass is 244 g/mol. The first-order valence-corrected chi connectivity index (χ1v) is 5.86. The van der Waals surface area contributed by atoms with Crippen molar-refractivity contribution in [2.24, 2.45) is 0 Å². The lowest BCUT2D eigenvalue weighted by Gasteiger charge is -2.14. The minimum atomic E-state index is -0.590. The van der Waals surface area contributed by atoms with E-state index in [4.69, 9.17) is 5.73 Å². The lowest BCUT2D eigenvalue weighted by molar-refractivity contribution is 0.619. The van der Waals surface area contributed by atoms with Gasteiger partial charge in [-0.2, -0.15) is 4.98 Å². The molecule has 1 aliphatic rings. The van der Waals surface area contributed by atoms with Gasteiger partial charge in [0.1, 0.15) is 0 Å². The van der Waals surface area contributed by atoms with Crippen molar-refractivity contribution in [1.82, 2.24) is 9.97 Å². The molecular weight excluding hydrogens is 231 g/mol. The number of hydrogen-bond acceptors (Lipinski definition) is 4. The second-order valence-electron chi connectivity index (χ2n) is 4.36. The van der Waals surface area contributed by atoms with Crippen LogP contribution in [0.3, 0.4) is 0 Å². The Morgan fingerprint density at radius 1 is 1.33 bits per heavy atom. The number of aryl methyl sites for hydroxylation is 1. The maximum atomic E-state index is 13.0. The Morgan fingerprint density at radius 3 is 3.00 bits per heavy atom. The van der Waals surface area contributed by atoms with Crippen LogP contribution in [0.1, 0.15) is 23.6 Å². The van der Waals surface area contributed by atoms with Gasteiger partial charge in [0.2, 0.25) is 5.95 Å². The third-order valence-electron chi connectivity index (χ3n) is 3.21. The normalized spacial score (nSPS) is 17.5. The van der Waals surface area contributed by atoms with Gasteiger partial charge in [0, 0.05) is 0 Å². The van der Waals surface area contributed by atoms with Crippen molar-refractivity contribution in [3.8, 4) is 0 Å². The summed E-state index contributed by atoms with van der Waals surface area (Å²) in [6.45, 7) is 0. The molecule has 5 heteroatoms. The van der Waals surface area contributed by atoms with Crippen molar-refractivity contribution in [1.29, 1.82) is 0 Å². The molecule has 0 amide bonds. The number of halogens is 1. The highest BCUT2D eigenvalue weighted by atomic mass is 19.1. The number of anilines is 2. The summed E-state index contributed by atoms with van der Waals surface area (Å²) in [5.74, 6) is -0.346. The van der Waals surface area contributed by atoms with Crippen molar-refractivity contribution >= 4 is 11.8 Å². The molecule has 0 unspecified atom stereocenters. The van der Waals surface area contributed by atoms with Crippen molar-refractivity contribution in [2.45, 2.75) is 18.9 Å². The van der Waals surface area contributed by atoms with Crippen LogP contribution >= 0.6 is 0 Å². The molecule has 0 saturated heterocycles. The molecule has 0 spiro atoms. The quantitative estimate of drug-likeness (QED) is 0.850. The molecule has 1 atom stereocenters. The van der Waals surface area contributed by atoms with E-state index in [1.165, 1.54) is 11.1 Å². The third-order valence-corrected chi connectivity index (χ3v) is 3.21. The van der Waals surface area contributed by atoms with E-state index in [2.05, 4.69) is 27.4 Å². The summed E-state index contributed by atoms with van der Waals surface area (Å²) in [6.07, 6.45) is 3.11. The maximum Gasteiger partial charge on any atom is 0.225 e. The van der Waals surface area contributed by atoms with Crippen LogP contribution in [0.5, 0.6) is 0 Å². The number of hydrogen-bond donors (Lipinski definition) is 2. The Balaban J connectivity index is 1.84. The molecule has 18 heavy (non-hydrogen) atoms. The van der Waals surface area contributed by atoms with Crippen LogP contribution in [0.4, 0.5) is 16.2 Å². The first-order chi connectivity index (χ1) is 8.74. The van der Waals surface area contributed by atoms with Crippen LogP contribution in [0.15, 0.2) is 30.5 Å². The SMILES string of the molecule is Nc1nc(N[C@H]2CCc3ccccc32)ncc1F. The largest absolute Gasteiger partial charge is 0.381 e. The van der Waals surface area contributed by atoms with E-state index in [1.54, 1.807) is 0 Å². The predicted molar refractivity (Wildman–Crippen MR) is 67.5 cm³/mol. The van der Waals surface area contributed by atoms with Crippen LogP contribution in [0, 0.1) is 5.82 Å². The van der Waals surface area contributed by atoms with E-state index in [9.17, 15) is 4.39 Å². The van der Waals surface area contributed by atoms with Gasteiger partial charge in [-0.3, -0.25) is 0 Å². The summed E-state index contributed by atoms with van der Waals surface area (Å²) in [4.78, 5) is 7.79. The molecule has 4 nitrogen and oxygen atoms in total. The standard InChI is InChI=1S/C13H13FN4/c14-10-7-16-13(18-12(10)15)17-11-6-5-8-3-1-2-4-9(8)11/h1-4,7,11H,5-6H2,(H3,15,16,17,18)/t11-/m0/s1. The maximum absolute atomic E-state index is 13.0. The van der Waals surface area contributed by atoms with E-state index >= 15 is 0 Å². The highest BCUT2D eigenvalue weighted by Gasteiger charge is 2.22. The summed E-state index contributed by atoms with van der Waals surface area (Å²) in [7, 11) is 0. The Hall–Kier alpha value is -2.17. The summed E-state index contributed by atoms with van der Waals surface area (Å²) < 4.78 is 13.0. The fourth-order valence-electron chi connectivity index (χ4n) is 2.31. The van der Waals surface area contributed by atoms with Crippen LogP contribution in [-0.2, 0) is 6.42 Å². The molecule has 0 saturated carbocycles. The van der Waals surface area contributed by atoms with Crippen molar-refractivity contribution < 1.29 is 4.39 Å². The lowest BCUT2D eigenvalue weighted by atomic mass is 10.1. The molecule has 1 aromatic heterocycles. The number of aromatic nitrogens is 2. The van der Waals surface area contributed by atoms with Crippen molar-refractivity contribution in [2.75, 3.05) is 11.1 Å². The van der Waals surface area contributed by atoms with E-state index in [0.717, 1.165) is 19.0 Å². The van der Waals surface area contributed by atoms with Gasteiger partial charge in [-0.15, -0.1) is 0 Å². The molecule has 0 bridgehead atoms. The van der Waals surface area contributed by atoms with Gasteiger partial charge in [0.15, 0.2) is 11.6 Å². The Kier molecular flexibility index (Phi) is 2.59. The van der Waals surface area contributed by atoms with Gasteiger partial charge in [-0.05, 0) is 24.0 Å². The van der Waals surface area contributed by atoms with E-state index < -0.39 is 5.82 Å². The fraction of sp³-hybridized carbons (Fsp3) is 0.231. The summed E-state index contributed by atoms with van der Waals surface area (Å²) in [6, 6.07) is 8.43. The molecule has 1 heterocycles. The highest BCUT2D eigenvalue weighted by molar-refractivity contribution is 5.43. The van der Waals surface area contributed by atoms with Gasteiger partial charge < -0.3 is 11.1 Å². The number of nitrogen functional groups attached to an aromatic ring is 1. The molecule has 1 aromatic carbocycles. The average Bonchev–Trinajstić information content (AvgIpc) is 2.78. The Bertz CT molecular complexity index is 585. The Morgan fingerprint density at radius 2 is 2.17 bits per heavy atom. The zero-order valence-electron chi connectivity index (χ0n) is 9.73. The van der Waals surface area contributed by atoms with E-state index in [-0.39, 0.29) is 11.9 Å². The number of rotatable bonds is 2. The smallest absolute Gasteiger partial charge is 0.225 e. The molecule has 3 rings (SSSR count). The summed E-state index contributed by atoms with van der Waals surface area (Å²) in [5.41, 5.74) is 8.02. The van der Waals surface area contributed by atoms with Gasteiger partial charge in [-0.25, -0.2) is 9.37 Å². The molecule has 3 N–H and O–H groups in total. The van der Waals surface area contributed by atoms with Crippen molar-refractivity contribution in [3.05, 3.63) is 47.4 Å². The molecule has 0 radical (unpaired) electrons. The lowest BCUT2D eigenvalue weighted by Crippen LogP contribution is -2.11. The topological polar surface area (TPSA) is 63.8 Å². The van der Waals surface area contributed by atoms with Gasteiger partial charge >= 0.3 is 0 Å². The number of nitrogens with zero attached hydrogens (tertiary/aromatic N) is 2. The number of nitrogens with two attached hydrogens (primary N) is 1. The minimum Gasteiger partial charge on any atom is -0.381 e. The Labute approximate surface area is 104 Å². The van der Waals surface area contributed by atoms with Crippen LogP contribution in [0.25, 0.3) is 0 Å². The minimum absolute atomic E-state index is 0.126. The molecule has 0 aliphatic heterocycles. The molecule has 92 valence electrons. The summed E-state index contributed by atoms with van der Waals surface area (Å²) >= 11 is 0. The van der Waals surface area contributed by atoms with Gasteiger partial charge in [0.25, 0.3) is 0 Å². The van der Waals surface area contributed by atoms with Gasteiger partial charge in [0.05, 0.1) is 12.2 Å². The molecular formula is C13H13FN4. The molecule has 1 aliphatic carbocycles. The zero-order chi connectivity index (χ0) is 12.5. The number of nitrogens with one attached hydrogen (secondary N) is 1. The zero-order valence-corrected chi connectivity index (χ0v) is 9.73. The molecule has 2 aromatic rings. The predicted octanol–water partition coefficient (Wildman–Crippen LogP) is 2.30. The van der Waals surface area contributed by atoms with Gasteiger partial charge in [-0.1, -0.05) is 24.3 Å². The van der Waals surface area contributed by atoms with E-state index in [0.29, 0.717) is 5.95 Å². The second kappa shape index (κ2) is 4.25. The number of benzene rings is 1. The molecule has 0 fully saturated rings. The van der Waals surface area contributed by atoms with Crippen LogP contribution in [0.2, 0.25) is 0 Å². The first-order valence-electron chi connectivity index (χ1n) is 5.86. The highest BCUT2D eigenvalue weighted by Crippen LogP contribution is 2.32. The third kappa shape index (κ3) is 1.88.